The first kappa shape index (κ1) is 47.7. The number of hydrogen-bond acceptors (Lipinski definition) is 8. The molecule has 0 fully saturated rings. The van der Waals surface area contributed by atoms with Gasteiger partial charge < -0.3 is 21.0 Å². The fourth-order valence-corrected chi connectivity index (χ4v) is 6.68. The lowest BCUT2D eigenvalue weighted by Crippen LogP contribution is -2.10. The van der Waals surface area contributed by atoms with Gasteiger partial charge in [-0.15, -0.1) is 0 Å². The van der Waals surface area contributed by atoms with E-state index in [0.717, 1.165) is 46.6 Å². The number of H-pyrrole nitrogens is 4. The SMILES string of the molecule is C.Clc1cc(-c2ccccc2)nc(Cl)n1.Nc1c[nH]c2cc(F)c(F)cc12.O=c1cc(-c2ccccc2)nc(Cl)[nH]1.O=c1cc(-c2ccccc2)nc(Nc2c[nH]c3cc(F)c(F)cc23)[nH]1. The van der Waals surface area contributed by atoms with Crippen LogP contribution in [0.5, 0.6) is 0 Å². The molecule has 0 aliphatic carbocycles. The number of fused-ring (bicyclic) bond motifs is 2. The van der Waals surface area contributed by atoms with Crippen molar-refractivity contribution in [2.75, 3.05) is 11.1 Å². The molecule has 0 saturated heterocycles. The van der Waals surface area contributed by atoms with E-state index in [2.05, 4.69) is 45.2 Å². The van der Waals surface area contributed by atoms with Gasteiger partial charge in [0.25, 0.3) is 11.1 Å². The summed E-state index contributed by atoms with van der Waals surface area (Å²) in [6.07, 6.45) is 3.06. The fourth-order valence-electron chi connectivity index (χ4n) is 6.09. The molecule has 5 aromatic carbocycles. The van der Waals surface area contributed by atoms with Gasteiger partial charge in [0.15, 0.2) is 23.3 Å². The van der Waals surface area contributed by atoms with Crippen LogP contribution < -0.4 is 22.2 Å². The summed E-state index contributed by atoms with van der Waals surface area (Å²) in [4.78, 5) is 49.8. The second-order valence-corrected chi connectivity index (χ2v) is 14.6. The third-order valence-corrected chi connectivity index (χ3v) is 9.60. The summed E-state index contributed by atoms with van der Waals surface area (Å²) >= 11 is 17.1. The van der Waals surface area contributed by atoms with Gasteiger partial charge in [-0.25, -0.2) is 37.5 Å². The van der Waals surface area contributed by atoms with Gasteiger partial charge in [-0.1, -0.05) is 110 Å². The Bertz CT molecular complexity index is 3330. The average Bonchev–Trinajstić information content (AvgIpc) is 3.85. The predicted molar refractivity (Wildman–Crippen MR) is 254 cm³/mol. The van der Waals surface area contributed by atoms with Crippen LogP contribution in [-0.2, 0) is 0 Å². The lowest BCUT2D eigenvalue weighted by molar-refractivity contribution is 0.511. The number of nitrogens with one attached hydrogen (secondary N) is 5. The number of hydrogen-bond donors (Lipinski definition) is 6. The van der Waals surface area contributed by atoms with E-state index in [-0.39, 0.29) is 35.1 Å². The second-order valence-electron chi connectivity index (χ2n) is 13.5. The van der Waals surface area contributed by atoms with Crippen molar-refractivity contribution in [2.24, 2.45) is 0 Å². The number of aromatic amines is 4. The minimum absolute atomic E-state index is 0. The van der Waals surface area contributed by atoms with Crippen LogP contribution >= 0.6 is 34.8 Å². The number of nitrogens with zero attached hydrogens (tertiary/aromatic N) is 4. The molecule has 0 aliphatic heterocycles. The van der Waals surface area contributed by atoms with E-state index in [1.165, 1.54) is 18.3 Å². The Kier molecular flexibility index (Phi) is 15.7. The maximum atomic E-state index is 13.5. The zero-order valence-corrected chi connectivity index (χ0v) is 35.5. The lowest BCUT2D eigenvalue weighted by atomic mass is 10.1. The molecule has 66 heavy (non-hydrogen) atoms. The maximum absolute atomic E-state index is 13.5. The number of rotatable bonds is 5. The minimum atomic E-state index is -0.949. The zero-order chi connectivity index (χ0) is 46.0. The summed E-state index contributed by atoms with van der Waals surface area (Å²) in [5.41, 5.74) is 11.2. The maximum Gasteiger partial charge on any atom is 0.252 e. The third-order valence-electron chi connectivity index (χ3n) is 9.06. The predicted octanol–water partition coefficient (Wildman–Crippen LogP) is 12.1. The topological polar surface area (TPSA) is 187 Å². The highest BCUT2D eigenvalue weighted by Crippen LogP contribution is 2.28. The van der Waals surface area contributed by atoms with Gasteiger partial charge in [0.1, 0.15) is 5.15 Å². The number of nitrogen functional groups attached to an aromatic ring is 1. The van der Waals surface area contributed by atoms with Crippen LogP contribution in [0.2, 0.25) is 15.7 Å². The van der Waals surface area contributed by atoms with Crippen LogP contribution in [0.1, 0.15) is 7.43 Å². The van der Waals surface area contributed by atoms with Gasteiger partial charge in [0.05, 0.1) is 39.5 Å². The molecule has 334 valence electrons. The molecule has 12 nitrogen and oxygen atoms in total. The highest BCUT2D eigenvalue weighted by atomic mass is 35.5. The average molecular weight is 954 g/mol. The minimum Gasteiger partial charge on any atom is -0.397 e. The molecule has 0 saturated carbocycles. The summed E-state index contributed by atoms with van der Waals surface area (Å²) in [5, 5.41) is 4.52. The van der Waals surface area contributed by atoms with E-state index in [4.69, 9.17) is 40.5 Å². The summed E-state index contributed by atoms with van der Waals surface area (Å²) in [5.74, 6) is -3.43. The number of nitrogens with two attached hydrogens (primary N) is 1. The fraction of sp³-hybridized carbons (Fsp3) is 0.0213. The van der Waals surface area contributed by atoms with E-state index in [1.54, 1.807) is 12.3 Å². The Balaban J connectivity index is 0.000000152. The normalized spacial score (nSPS) is 10.4. The standard InChI is InChI=1S/C18H12F2N4O.C10H6Cl2N2.C10H7ClN2O.C8H6F2N2.CH4/c19-12-6-11-15(7-13(12)20)21-9-16(11)23-18-22-14(8-17(25)24-18)10-4-2-1-3-5-10;11-9-6-8(13-10(12)14-9)7-4-2-1-3-5-7;11-10-12-8(6-9(14)13-10)7-4-2-1-3-5-7;9-5-1-4-7(11)3-12-8(4)2-6(5)10;/h1-9,21H,(H2,22,23,24,25);1-6H;1-6H,(H,12,13,14);1-3,12H,11H2;1H4. The van der Waals surface area contributed by atoms with Crippen molar-refractivity contribution in [2.45, 2.75) is 7.43 Å². The summed E-state index contributed by atoms with van der Waals surface area (Å²) in [6.45, 7) is 0. The lowest BCUT2D eigenvalue weighted by Gasteiger charge is -2.06. The molecule has 0 radical (unpaired) electrons. The summed E-state index contributed by atoms with van der Waals surface area (Å²) < 4.78 is 52.1. The Labute approximate surface area is 387 Å². The Hall–Kier alpha value is -7.79. The van der Waals surface area contributed by atoms with E-state index < -0.39 is 23.3 Å². The Morgan fingerprint density at radius 2 is 0.970 bits per heavy atom. The van der Waals surface area contributed by atoms with Crippen molar-refractivity contribution in [1.29, 1.82) is 0 Å². The molecule has 0 atom stereocenters. The third kappa shape index (κ3) is 12.3. The summed E-state index contributed by atoms with van der Waals surface area (Å²) in [7, 11) is 0. The van der Waals surface area contributed by atoms with Crippen molar-refractivity contribution < 1.29 is 17.6 Å². The van der Waals surface area contributed by atoms with Crippen LogP contribution in [0, 0.1) is 23.3 Å². The molecular weight excluding hydrogens is 919 g/mol. The number of aromatic nitrogens is 8. The van der Waals surface area contributed by atoms with E-state index >= 15 is 0 Å². The van der Waals surface area contributed by atoms with E-state index in [9.17, 15) is 27.2 Å². The highest BCUT2D eigenvalue weighted by molar-refractivity contribution is 6.32. The van der Waals surface area contributed by atoms with E-state index in [0.29, 0.717) is 49.7 Å². The first-order chi connectivity index (χ1) is 31.3. The first-order valence-electron chi connectivity index (χ1n) is 19.0. The molecule has 7 N–H and O–H groups in total. The van der Waals surface area contributed by atoms with Crippen LogP contribution in [0.4, 0.5) is 34.9 Å². The van der Waals surface area contributed by atoms with Crippen LogP contribution in [0.15, 0.2) is 155 Å². The van der Waals surface area contributed by atoms with Gasteiger partial charge in [-0.3, -0.25) is 19.6 Å². The number of halogens is 7. The van der Waals surface area contributed by atoms with Crippen LogP contribution in [0.25, 0.3) is 55.6 Å². The quantitative estimate of drug-likeness (QED) is 0.0559. The summed E-state index contributed by atoms with van der Waals surface area (Å²) in [6, 6.07) is 37.2. The number of benzene rings is 5. The van der Waals surface area contributed by atoms with E-state index in [1.807, 2.05) is 91.0 Å². The molecule has 0 bridgehead atoms. The van der Waals surface area contributed by atoms with Gasteiger partial charge in [-0.2, -0.15) is 0 Å². The molecule has 10 aromatic rings. The van der Waals surface area contributed by atoms with Crippen molar-refractivity contribution in [1.82, 2.24) is 39.9 Å². The molecule has 5 heterocycles. The van der Waals surface area contributed by atoms with Gasteiger partial charge in [0, 0.05) is 70.2 Å². The van der Waals surface area contributed by atoms with Crippen molar-refractivity contribution in [3.63, 3.8) is 0 Å². The van der Waals surface area contributed by atoms with Gasteiger partial charge >= 0.3 is 0 Å². The molecular formula is C47H35Cl3F4N10O2. The molecule has 10 rings (SSSR count). The monoisotopic (exact) mass is 952 g/mol. The van der Waals surface area contributed by atoms with Crippen molar-refractivity contribution in [3.8, 4) is 33.8 Å². The molecule has 5 aromatic heterocycles. The van der Waals surface area contributed by atoms with Gasteiger partial charge in [0.2, 0.25) is 16.5 Å². The smallest absolute Gasteiger partial charge is 0.252 e. The second kappa shape index (κ2) is 21.7. The van der Waals surface area contributed by atoms with Gasteiger partial charge in [-0.05, 0) is 35.3 Å². The Morgan fingerprint density at radius 3 is 1.50 bits per heavy atom. The molecule has 19 heteroatoms. The van der Waals surface area contributed by atoms with Crippen molar-refractivity contribution in [3.05, 3.63) is 206 Å². The molecule has 0 amide bonds. The highest BCUT2D eigenvalue weighted by Gasteiger charge is 2.12. The Morgan fingerprint density at radius 1 is 0.515 bits per heavy atom. The molecule has 0 spiro atoms. The van der Waals surface area contributed by atoms with Crippen LogP contribution in [-0.4, -0.2) is 39.9 Å². The van der Waals surface area contributed by atoms with Crippen molar-refractivity contribution >= 4 is 73.9 Å². The van der Waals surface area contributed by atoms with Crippen LogP contribution in [0.3, 0.4) is 0 Å². The largest absolute Gasteiger partial charge is 0.397 e. The number of anilines is 3. The molecule has 0 unspecified atom stereocenters. The first-order valence-corrected chi connectivity index (χ1v) is 20.1. The zero-order valence-electron chi connectivity index (χ0n) is 33.2. The molecule has 0 aliphatic rings.